The van der Waals surface area contributed by atoms with Crippen molar-refractivity contribution in [1.29, 1.82) is 0 Å². The van der Waals surface area contributed by atoms with Crippen LogP contribution in [-0.2, 0) is 0 Å². The van der Waals surface area contributed by atoms with Gasteiger partial charge in [0.05, 0.1) is 18.0 Å². The van der Waals surface area contributed by atoms with E-state index in [1.807, 2.05) is 0 Å². The molecular weight excluding hydrogens is 307 g/mol. The number of nitrogens with zero attached hydrogens (tertiary/aromatic N) is 4. The van der Waals surface area contributed by atoms with Gasteiger partial charge in [-0.3, -0.25) is 0 Å². The second-order valence-electron chi connectivity index (χ2n) is 6.71. The molecule has 24 heavy (non-hydrogen) atoms. The fourth-order valence-electron chi connectivity index (χ4n) is 3.17. The first-order valence-corrected chi connectivity index (χ1v) is 8.43. The van der Waals surface area contributed by atoms with Crippen LogP contribution in [-0.4, -0.2) is 39.5 Å². The minimum absolute atomic E-state index is 0.253. The number of hydrogen-bond donors (Lipinski definition) is 1. The molecule has 1 atom stereocenters. The third-order valence-corrected chi connectivity index (χ3v) is 4.68. The molecule has 128 valence electrons. The van der Waals surface area contributed by atoms with Crippen molar-refractivity contribution in [2.75, 3.05) is 18.0 Å². The van der Waals surface area contributed by atoms with E-state index >= 15 is 0 Å². The number of piperidine rings is 1. The lowest BCUT2D eigenvalue weighted by Gasteiger charge is -2.35. The first-order valence-electron chi connectivity index (χ1n) is 8.43. The second-order valence-corrected chi connectivity index (χ2v) is 6.71. The standard InChI is InChI=1S/C18H23FN4O/c1-12(2)17(24)14-7-9-23(10-8-14)18-21-16(11-20-22-18)13-3-5-15(19)6-4-13/h3-6,11-12,14,17,24H,7-10H2,1-2H3/t17-/m1/s1. The molecule has 0 aliphatic carbocycles. The van der Waals surface area contributed by atoms with Crippen molar-refractivity contribution in [2.24, 2.45) is 11.8 Å². The molecular formula is C18H23FN4O. The maximum Gasteiger partial charge on any atom is 0.245 e. The quantitative estimate of drug-likeness (QED) is 0.934. The summed E-state index contributed by atoms with van der Waals surface area (Å²) >= 11 is 0. The molecule has 2 aromatic rings. The Labute approximate surface area is 141 Å². The van der Waals surface area contributed by atoms with E-state index in [-0.39, 0.29) is 17.8 Å². The molecule has 1 aromatic carbocycles. The van der Waals surface area contributed by atoms with E-state index < -0.39 is 0 Å². The van der Waals surface area contributed by atoms with Gasteiger partial charge in [0, 0.05) is 18.7 Å². The molecule has 0 saturated carbocycles. The molecule has 0 amide bonds. The minimum Gasteiger partial charge on any atom is -0.393 e. The lowest BCUT2D eigenvalue weighted by molar-refractivity contribution is 0.0525. The van der Waals surface area contributed by atoms with Gasteiger partial charge in [0.1, 0.15) is 5.82 Å². The Morgan fingerprint density at radius 2 is 1.83 bits per heavy atom. The molecule has 2 heterocycles. The number of aliphatic hydroxyl groups is 1. The van der Waals surface area contributed by atoms with Gasteiger partial charge in [-0.2, -0.15) is 5.10 Å². The molecule has 3 rings (SSSR count). The zero-order valence-electron chi connectivity index (χ0n) is 14.1. The second kappa shape index (κ2) is 7.21. The smallest absolute Gasteiger partial charge is 0.245 e. The number of halogens is 1. The van der Waals surface area contributed by atoms with Crippen molar-refractivity contribution >= 4 is 5.95 Å². The summed E-state index contributed by atoms with van der Waals surface area (Å²) in [6.45, 7) is 5.72. The van der Waals surface area contributed by atoms with Gasteiger partial charge in [-0.25, -0.2) is 9.37 Å². The van der Waals surface area contributed by atoms with Crippen LogP contribution in [0.15, 0.2) is 30.5 Å². The Morgan fingerprint density at radius 3 is 2.46 bits per heavy atom. The fraction of sp³-hybridized carbons (Fsp3) is 0.500. The predicted octanol–water partition coefficient (Wildman–Crippen LogP) is 2.91. The average molecular weight is 330 g/mol. The lowest BCUT2D eigenvalue weighted by atomic mass is 9.86. The lowest BCUT2D eigenvalue weighted by Crippen LogP contribution is -2.40. The highest BCUT2D eigenvalue weighted by Crippen LogP contribution is 2.27. The van der Waals surface area contributed by atoms with E-state index in [1.165, 1.54) is 12.1 Å². The van der Waals surface area contributed by atoms with Crippen LogP contribution in [0.4, 0.5) is 10.3 Å². The van der Waals surface area contributed by atoms with Crippen LogP contribution < -0.4 is 4.90 Å². The molecule has 1 aliphatic rings. The van der Waals surface area contributed by atoms with Crippen molar-refractivity contribution < 1.29 is 9.50 Å². The number of aliphatic hydroxyl groups excluding tert-OH is 1. The number of aromatic nitrogens is 3. The van der Waals surface area contributed by atoms with Gasteiger partial charge in [-0.1, -0.05) is 13.8 Å². The van der Waals surface area contributed by atoms with Crippen LogP contribution in [0.2, 0.25) is 0 Å². The molecule has 1 saturated heterocycles. The Morgan fingerprint density at radius 1 is 1.17 bits per heavy atom. The monoisotopic (exact) mass is 330 g/mol. The Hall–Kier alpha value is -2.08. The van der Waals surface area contributed by atoms with E-state index in [1.54, 1.807) is 18.3 Å². The highest BCUT2D eigenvalue weighted by molar-refractivity contribution is 5.59. The maximum atomic E-state index is 13.1. The van der Waals surface area contributed by atoms with E-state index in [2.05, 4.69) is 33.9 Å². The van der Waals surface area contributed by atoms with Gasteiger partial charge in [-0.05, 0) is 48.9 Å². The highest BCUT2D eigenvalue weighted by atomic mass is 19.1. The van der Waals surface area contributed by atoms with Gasteiger partial charge in [0.15, 0.2) is 0 Å². The zero-order chi connectivity index (χ0) is 17.1. The van der Waals surface area contributed by atoms with Gasteiger partial charge in [0.2, 0.25) is 5.95 Å². The Bertz CT molecular complexity index is 669. The third-order valence-electron chi connectivity index (χ3n) is 4.68. The van der Waals surface area contributed by atoms with Gasteiger partial charge >= 0.3 is 0 Å². The molecule has 1 fully saturated rings. The number of rotatable bonds is 4. The van der Waals surface area contributed by atoms with Gasteiger partial charge < -0.3 is 10.0 Å². The largest absolute Gasteiger partial charge is 0.393 e. The number of benzene rings is 1. The summed E-state index contributed by atoms with van der Waals surface area (Å²) in [7, 11) is 0. The van der Waals surface area contributed by atoms with E-state index in [4.69, 9.17) is 0 Å². The van der Waals surface area contributed by atoms with Crippen molar-refractivity contribution in [3.8, 4) is 11.3 Å². The summed E-state index contributed by atoms with van der Waals surface area (Å²) in [5.74, 6) is 0.928. The topological polar surface area (TPSA) is 62.1 Å². The summed E-state index contributed by atoms with van der Waals surface area (Å²) < 4.78 is 13.1. The minimum atomic E-state index is -0.272. The molecule has 6 heteroatoms. The third kappa shape index (κ3) is 3.70. The van der Waals surface area contributed by atoms with E-state index in [0.717, 1.165) is 31.5 Å². The van der Waals surface area contributed by atoms with Crippen LogP contribution >= 0.6 is 0 Å². The van der Waals surface area contributed by atoms with Crippen LogP contribution in [0.1, 0.15) is 26.7 Å². The van der Waals surface area contributed by atoms with Crippen LogP contribution in [0, 0.1) is 17.7 Å². The summed E-state index contributed by atoms with van der Waals surface area (Å²) in [5, 5.41) is 18.4. The van der Waals surface area contributed by atoms with Crippen molar-refractivity contribution in [3.05, 3.63) is 36.3 Å². The predicted molar refractivity (Wildman–Crippen MR) is 91.0 cm³/mol. The molecule has 5 nitrogen and oxygen atoms in total. The number of anilines is 1. The molecule has 0 bridgehead atoms. The average Bonchev–Trinajstić information content (AvgIpc) is 2.62. The summed E-state index contributed by atoms with van der Waals surface area (Å²) in [4.78, 5) is 6.67. The Balaban J connectivity index is 1.70. The normalized spacial score (nSPS) is 17.3. The van der Waals surface area contributed by atoms with Gasteiger partial charge in [-0.15, -0.1) is 5.10 Å². The summed E-state index contributed by atoms with van der Waals surface area (Å²) in [6.07, 6.45) is 3.18. The molecule has 1 aliphatic heterocycles. The molecule has 1 N–H and O–H groups in total. The fourth-order valence-corrected chi connectivity index (χ4v) is 3.17. The zero-order valence-corrected chi connectivity index (χ0v) is 14.1. The van der Waals surface area contributed by atoms with Crippen molar-refractivity contribution in [1.82, 2.24) is 15.2 Å². The van der Waals surface area contributed by atoms with E-state index in [9.17, 15) is 9.50 Å². The maximum absolute atomic E-state index is 13.1. The Kier molecular flexibility index (Phi) is 5.04. The molecule has 0 unspecified atom stereocenters. The molecule has 0 spiro atoms. The van der Waals surface area contributed by atoms with Crippen LogP contribution in [0.3, 0.4) is 0 Å². The number of hydrogen-bond acceptors (Lipinski definition) is 5. The van der Waals surface area contributed by atoms with Crippen molar-refractivity contribution in [3.63, 3.8) is 0 Å². The molecule has 1 aromatic heterocycles. The SMILES string of the molecule is CC(C)[C@@H](O)C1CCN(c2nncc(-c3ccc(F)cc3)n2)CC1. The van der Waals surface area contributed by atoms with E-state index in [0.29, 0.717) is 17.6 Å². The molecule has 0 radical (unpaired) electrons. The van der Waals surface area contributed by atoms with Crippen LogP contribution in [0.25, 0.3) is 11.3 Å². The first-order chi connectivity index (χ1) is 11.5. The highest BCUT2D eigenvalue weighted by Gasteiger charge is 2.28. The van der Waals surface area contributed by atoms with Crippen LogP contribution in [0.5, 0.6) is 0 Å². The van der Waals surface area contributed by atoms with Crippen molar-refractivity contribution in [2.45, 2.75) is 32.8 Å². The first kappa shape index (κ1) is 16.8. The van der Waals surface area contributed by atoms with Gasteiger partial charge in [0.25, 0.3) is 0 Å². The summed E-state index contributed by atoms with van der Waals surface area (Å²) in [6, 6.07) is 6.20. The summed E-state index contributed by atoms with van der Waals surface area (Å²) in [5.41, 5.74) is 1.50.